The molecule has 4 heteroatoms. The highest BCUT2D eigenvalue weighted by atomic mass is 16.5. The van der Waals surface area contributed by atoms with Crippen LogP contribution in [0.4, 0.5) is 0 Å². The minimum atomic E-state index is -0.599. The van der Waals surface area contributed by atoms with E-state index in [0.29, 0.717) is 26.1 Å². The number of β-amino-alcohol motifs (C(OH)–C–C–N with tert-alkyl or cyclic N) is 1. The van der Waals surface area contributed by atoms with Gasteiger partial charge in [0.05, 0.1) is 19.3 Å². The first-order valence-electron chi connectivity index (χ1n) is 5.90. The molecule has 0 amide bonds. The maximum Gasteiger partial charge on any atom is 0.161 e. The van der Waals surface area contributed by atoms with Crippen LogP contribution in [0, 0.1) is 0 Å². The zero-order valence-corrected chi connectivity index (χ0v) is 10.3. The lowest BCUT2D eigenvalue weighted by Crippen LogP contribution is -2.60. The summed E-state index contributed by atoms with van der Waals surface area (Å²) in [6.45, 7) is 3.85. The van der Waals surface area contributed by atoms with Gasteiger partial charge in [0.2, 0.25) is 0 Å². The first kappa shape index (κ1) is 12.2. The van der Waals surface area contributed by atoms with Gasteiger partial charge >= 0.3 is 0 Å². The van der Waals surface area contributed by atoms with Crippen molar-refractivity contribution >= 4 is 0 Å². The zero-order chi connectivity index (χ0) is 12.3. The molecule has 1 aliphatic rings. The van der Waals surface area contributed by atoms with Gasteiger partial charge in [0, 0.05) is 19.5 Å². The fourth-order valence-corrected chi connectivity index (χ4v) is 2.02. The molecule has 2 rings (SSSR count). The van der Waals surface area contributed by atoms with Gasteiger partial charge < -0.3 is 19.9 Å². The molecule has 0 atom stereocenters. The Morgan fingerprint density at radius 3 is 2.65 bits per heavy atom. The molecule has 0 aliphatic carbocycles. The Labute approximate surface area is 102 Å². The van der Waals surface area contributed by atoms with Gasteiger partial charge in [-0.2, -0.15) is 0 Å². The predicted molar refractivity (Wildman–Crippen MR) is 65.7 cm³/mol. The van der Waals surface area contributed by atoms with E-state index < -0.39 is 5.60 Å². The molecule has 1 fully saturated rings. The molecule has 1 aromatic carbocycles. The van der Waals surface area contributed by atoms with Crippen LogP contribution in [0.25, 0.3) is 0 Å². The molecular weight excluding hydrogens is 218 g/mol. The fourth-order valence-electron chi connectivity index (χ4n) is 2.02. The van der Waals surface area contributed by atoms with E-state index in [2.05, 4.69) is 5.32 Å². The summed E-state index contributed by atoms with van der Waals surface area (Å²) >= 11 is 0. The van der Waals surface area contributed by atoms with Gasteiger partial charge in [-0.25, -0.2) is 0 Å². The number of hydrogen-bond donors (Lipinski definition) is 2. The Balaban J connectivity index is 2.15. The first-order chi connectivity index (χ1) is 8.17. The second-order valence-electron chi connectivity index (χ2n) is 4.42. The summed E-state index contributed by atoms with van der Waals surface area (Å²) in [6, 6.07) is 5.80. The summed E-state index contributed by atoms with van der Waals surface area (Å²) in [6.07, 6.45) is 0.643. The predicted octanol–water partition coefficient (Wildman–Crippen LogP) is 0.971. The van der Waals surface area contributed by atoms with Gasteiger partial charge in [-0.05, 0) is 24.6 Å². The number of nitrogens with one attached hydrogen (secondary N) is 1. The lowest BCUT2D eigenvalue weighted by Gasteiger charge is -2.37. The number of benzene rings is 1. The van der Waals surface area contributed by atoms with Crippen molar-refractivity contribution in [2.24, 2.45) is 0 Å². The second-order valence-corrected chi connectivity index (χ2v) is 4.42. The summed E-state index contributed by atoms with van der Waals surface area (Å²) in [5.74, 6) is 1.47. The van der Waals surface area contributed by atoms with E-state index in [-0.39, 0.29) is 0 Å². The molecule has 1 heterocycles. The van der Waals surface area contributed by atoms with E-state index in [9.17, 15) is 5.11 Å². The van der Waals surface area contributed by atoms with Crippen molar-refractivity contribution in [3.63, 3.8) is 0 Å². The monoisotopic (exact) mass is 237 g/mol. The lowest BCUT2D eigenvalue weighted by molar-refractivity contribution is -0.00905. The Bertz CT molecular complexity index is 388. The number of hydrogen-bond acceptors (Lipinski definition) is 4. The SMILES string of the molecule is CCOc1cc(CC2(O)CNC2)ccc1OC. The molecule has 94 valence electrons. The maximum atomic E-state index is 10.1. The third kappa shape index (κ3) is 2.70. The molecule has 1 saturated heterocycles. The van der Waals surface area contributed by atoms with Crippen molar-refractivity contribution in [3.8, 4) is 11.5 Å². The Morgan fingerprint density at radius 1 is 1.35 bits per heavy atom. The Morgan fingerprint density at radius 2 is 2.12 bits per heavy atom. The van der Waals surface area contributed by atoms with Crippen LogP contribution in [-0.4, -0.2) is 37.5 Å². The quantitative estimate of drug-likeness (QED) is 0.801. The van der Waals surface area contributed by atoms with Gasteiger partial charge in [-0.3, -0.25) is 0 Å². The highest BCUT2D eigenvalue weighted by Gasteiger charge is 2.34. The molecule has 0 unspecified atom stereocenters. The van der Waals surface area contributed by atoms with Gasteiger partial charge in [0.15, 0.2) is 11.5 Å². The molecule has 0 aromatic heterocycles. The van der Waals surface area contributed by atoms with Gasteiger partial charge in [-0.1, -0.05) is 6.07 Å². The summed E-state index contributed by atoms with van der Waals surface area (Å²) in [4.78, 5) is 0. The fraction of sp³-hybridized carbons (Fsp3) is 0.538. The zero-order valence-electron chi connectivity index (χ0n) is 10.3. The molecular formula is C13H19NO3. The summed E-state index contributed by atoms with van der Waals surface area (Å²) in [5, 5.41) is 13.2. The Kier molecular flexibility index (Phi) is 3.54. The molecule has 1 aromatic rings. The molecule has 2 N–H and O–H groups in total. The summed E-state index contributed by atoms with van der Waals surface area (Å²) in [5.41, 5.74) is 0.469. The highest BCUT2D eigenvalue weighted by molar-refractivity contribution is 5.43. The molecule has 0 bridgehead atoms. The van der Waals surface area contributed by atoms with Crippen molar-refractivity contribution in [1.82, 2.24) is 5.32 Å². The molecule has 17 heavy (non-hydrogen) atoms. The summed E-state index contributed by atoms with van der Waals surface area (Å²) < 4.78 is 10.7. The summed E-state index contributed by atoms with van der Waals surface area (Å²) in [7, 11) is 1.63. The standard InChI is InChI=1S/C13H19NO3/c1-3-17-12-6-10(4-5-11(12)16-2)7-13(15)8-14-9-13/h4-6,14-15H,3,7-9H2,1-2H3. The van der Waals surface area contributed by atoms with E-state index in [1.807, 2.05) is 25.1 Å². The maximum absolute atomic E-state index is 10.1. The topological polar surface area (TPSA) is 50.7 Å². The van der Waals surface area contributed by atoms with E-state index in [4.69, 9.17) is 9.47 Å². The van der Waals surface area contributed by atoms with Crippen LogP contribution in [0.2, 0.25) is 0 Å². The van der Waals surface area contributed by atoms with E-state index in [1.54, 1.807) is 7.11 Å². The van der Waals surface area contributed by atoms with Gasteiger partial charge in [0.1, 0.15) is 0 Å². The average Bonchev–Trinajstić information content (AvgIpc) is 2.28. The molecule has 1 aliphatic heterocycles. The molecule has 0 spiro atoms. The van der Waals surface area contributed by atoms with Crippen molar-refractivity contribution in [1.29, 1.82) is 0 Å². The first-order valence-corrected chi connectivity index (χ1v) is 5.90. The van der Waals surface area contributed by atoms with Gasteiger partial charge in [0.25, 0.3) is 0 Å². The smallest absolute Gasteiger partial charge is 0.161 e. The van der Waals surface area contributed by atoms with Crippen LogP contribution in [-0.2, 0) is 6.42 Å². The number of aliphatic hydroxyl groups is 1. The number of rotatable bonds is 5. The van der Waals surface area contributed by atoms with E-state index >= 15 is 0 Å². The highest BCUT2D eigenvalue weighted by Crippen LogP contribution is 2.30. The van der Waals surface area contributed by atoms with Crippen molar-refractivity contribution in [3.05, 3.63) is 23.8 Å². The molecule has 4 nitrogen and oxygen atoms in total. The van der Waals surface area contributed by atoms with Crippen molar-refractivity contribution in [2.75, 3.05) is 26.8 Å². The minimum Gasteiger partial charge on any atom is -0.493 e. The normalized spacial score (nSPS) is 17.4. The van der Waals surface area contributed by atoms with Crippen LogP contribution in [0.3, 0.4) is 0 Å². The lowest BCUT2D eigenvalue weighted by atomic mass is 9.89. The van der Waals surface area contributed by atoms with Crippen LogP contribution in [0.15, 0.2) is 18.2 Å². The molecule has 0 radical (unpaired) electrons. The number of methoxy groups -OCH3 is 1. The Hall–Kier alpha value is -1.26. The minimum absolute atomic E-state index is 0.599. The van der Waals surface area contributed by atoms with Crippen LogP contribution < -0.4 is 14.8 Å². The molecule has 0 saturated carbocycles. The van der Waals surface area contributed by atoms with Crippen LogP contribution in [0.5, 0.6) is 11.5 Å². The van der Waals surface area contributed by atoms with Crippen LogP contribution >= 0.6 is 0 Å². The second kappa shape index (κ2) is 4.94. The third-order valence-corrected chi connectivity index (χ3v) is 2.97. The average molecular weight is 237 g/mol. The van der Waals surface area contributed by atoms with E-state index in [0.717, 1.165) is 17.1 Å². The largest absolute Gasteiger partial charge is 0.493 e. The van der Waals surface area contributed by atoms with Gasteiger partial charge in [-0.15, -0.1) is 0 Å². The van der Waals surface area contributed by atoms with E-state index in [1.165, 1.54) is 0 Å². The van der Waals surface area contributed by atoms with Crippen molar-refractivity contribution < 1.29 is 14.6 Å². The van der Waals surface area contributed by atoms with Crippen molar-refractivity contribution in [2.45, 2.75) is 18.9 Å². The number of ether oxygens (including phenoxy) is 2. The third-order valence-electron chi connectivity index (χ3n) is 2.97. The van der Waals surface area contributed by atoms with Crippen LogP contribution in [0.1, 0.15) is 12.5 Å².